The summed E-state index contributed by atoms with van der Waals surface area (Å²) in [5.74, 6) is 0.987. The van der Waals surface area contributed by atoms with Crippen molar-refractivity contribution in [3.63, 3.8) is 0 Å². The van der Waals surface area contributed by atoms with Crippen molar-refractivity contribution in [3.05, 3.63) is 197 Å². The van der Waals surface area contributed by atoms with Crippen molar-refractivity contribution < 1.29 is 0 Å². The number of benzene rings is 7. The zero-order valence-electron chi connectivity index (χ0n) is 36.2. The molecule has 0 heterocycles. The smallest absolute Gasteiger partial charge is 0.0540 e. The van der Waals surface area contributed by atoms with Gasteiger partial charge in [0.05, 0.1) is 5.69 Å². The Labute approximate surface area is 357 Å². The second kappa shape index (κ2) is 15.0. The Hall–Kier alpha value is -5.92. The highest BCUT2D eigenvalue weighted by molar-refractivity contribution is 6.04. The minimum absolute atomic E-state index is 0.0162. The molecule has 60 heavy (non-hydrogen) atoms. The molecule has 0 aromatic heterocycles. The fourth-order valence-corrected chi connectivity index (χ4v) is 10.1. The summed E-state index contributed by atoms with van der Waals surface area (Å²) in [5, 5.41) is 5.34. The lowest BCUT2D eigenvalue weighted by molar-refractivity contribution is 0.445. The lowest BCUT2D eigenvalue weighted by Crippen LogP contribution is -2.19. The molecule has 0 amide bonds. The van der Waals surface area contributed by atoms with E-state index in [0.29, 0.717) is 11.8 Å². The van der Waals surface area contributed by atoms with E-state index in [1.807, 2.05) is 0 Å². The molecule has 0 N–H and O–H groups in total. The molecule has 1 nitrogen and oxygen atoms in total. The van der Waals surface area contributed by atoms with Gasteiger partial charge in [0, 0.05) is 22.9 Å². The molecule has 0 unspecified atom stereocenters. The van der Waals surface area contributed by atoms with Crippen molar-refractivity contribution in [1.29, 1.82) is 0 Å². The number of para-hydroxylation sites is 1. The SMILES string of the molecule is CC(C)(C)c1cc(N(c2ccc(C3=C4C=C(c5cccc6ccccc56)C=C[C@H]43)cc2)c2ccccc2-c2cccc3cccc(C4CCCCC4)c23)cc(C(C)(C)C)c1. The molecule has 0 aliphatic heterocycles. The van der Waals surface area contributed by atoms with Crippen LogP contribution in [0.2, 0.25) is 0 Å². The van der Waals surface area contributed by atoms with Crippen molar-refractivity contribution in [2.45, 2.75) is 90.4 Å². The number of hydrogen-bond acceptors (Lipinski definition) is 1. The van der Waals surface area contributed by atoms with Crippen molar-refractivity contribution in [3.8, 4) is 11.1 Å². The van der Waals surface area contributed by atoms with E-state index in [1.165, 1.54) is 126 Å². The van der Waals surface area contributed by atoms with Gasteiger partial charge in [-0.1, -0.05) is 188 Å². The Morgan fingerprint density at radius 1 is 0.533 bits per heavy atom. The van der Waals surface area contributed by atoms with Crippen LogP contribution in [0.5, 0.6) is 0 Å². The molecule has 3 aliphatic rings. The highest BCUT2D eigenvalue weighted by atomic mass is 15.1. The van der Waals surface area contributed by atoms with Gasteiger partial charge in [0.2, 0.25) is 0 Å². The maximum absolute atomic E-state index is 2.54. The van der Waals surface area contributed by atoms with Gasteiger partial charge in [0.1, 0.15) is 0 Å². The van der Waals surface area contributed by atoms with Gasteiger partial charge < -0.3 is 4.90 Å². The maximum atomic E-state index is 2.54. The van der Waals surface area contributed by atoms with E-state index in [2.05, 4.69) is 210 Å². The summed E-state index contributed by atoms with van der Waals surface area (Å²) in [6, 6.07) is 55.3. The predicted octanol–water partition coefficient (Wildman–Crippen LogP) is 16.8. The average Bonchev–Trinajstić information content (AvgIpc) is 3.99. The molecule has 7 aromatic carbocycles. The fourth-order valence-electron chi connectivity index (χ4n) is 10.1. The van der Waals surface area contributed by atoms with Crippen LogP contribution in [0.1, 0.15) is 107 Å². The van der Waals surface area contributed by atoms with E-state index >= 15 is 0 Å². The van der Waals surface area contributed by atoms with Gasteiger partial charge in [0.25, 0.3) is 0 Å². The van der Waals surface area contributed by atoms with E-state index in [4.69, 9.17) is 0 Å². The summed E-state index contributed by atoms with van der Waals surface area (Å²) in [5.41, 5.74) is 17.1. The van der Waals surface area contributed by atoms with Crippen LogP contribution in [0.4, 0.5) is 17.1 Å². The third-order valence-electron chi connectivity index (χ3n) is 13.5. The van der Waals surface area contributed by atoms with E-state index in [-0.39, 0.29) is 10.8 Å². The molecule has 298 valence electrons. The molecule has 7 aromatic rings. The zero-order chi connectivity index (χ0) is 41.2. The fraction of sp³-hybridized carbons (Fsp3) is 0.254. The summed E-state index contributed by atoms with van der Waals surface area (Å²) in [4.78, 5) is 2.54. The average molecular weight is 780 g/mol. The van der Waals surface area contributed by atoms with Gasteiger partial charge >= 0.3 is 0 Å². The highest BCUT2D eigenvalue weighted by Gasteiger charge is 2.36. The molecule has 1 heteroatoms. The quantitative estimate of drug-likeness (QED) is 0.156. The van der Waals surface area contributed by atoms with E-state index in [0.717, 1.165) is 0 Å². The highest BCUT2D eigenvalue weighted by Crippen LogP contribution is 2.53. The normalized spacial score (nSPS) is 16.9. The second-order valence-electron chi connectivity index (χ2n) is 19.6. The van der Waals surface area contributed by atoms with Crippen LogP contribution in [0.3, 0.4) is 0 Å². The molecular weight excluding hydrogens is 723 g/mol. The van der Waals surface area contributed by atoms with Crippen LogP contribution < -0.4 is 4.90 Å². The Balaban J connectivity index is 1.12. The third kappa shape index (κ3) is 7.02. The second-order valence-corrected chi connectivity index (χ2v) is 19.6. The first-order valence-electron chi connectivity index (χ1n) is 22.3. The first kappa shape index (κ1) is 38.3. The predicted molar refractivity (Wildman–Crippen MR) is 259 cm³/mol. The number of hydrogen-bond donors (Lipinski definition) is 0. The van der Waals surface area contributed by atoms with Crippen LogP contribution in [0.25, 0.3) is 43.8 Å². The number of anilines is 3. The monoisotopic (exact) mass is 779 g/mol. The van der Waals surface area contributed by atoms with E-state index < -0.39 is 0 Å². The van der Waals surface area contributed by atoms with Gasteiger partial charge in [0.15, 0.2) is 0 Å². The minimum Gasteiger partial charge on any atom is -0.310 e. The lowest BCUT2D eigenvalue weighted by Gasteiger charge is -2.32. The van der Waals surface area contributed by atoms with Crippen molar-refractivity contribution >= 4 is 49.8 Å². The molecule has 3 aliphatic carbocycles. The third-order valence-corrected chi connectivity index (χ3v) is 13.5. The summed E-state index contributed by atoms with van der Waals surface area (Å²) in [6.45, 7) is 14.0. The standard InChI is InChI=1S/C59H57N/c1-58(2,3)44-36-45(59(4,5)6)38-47(37-44)60(55-28-13-12-24-51(55)52-27-16-22-41-21-15-26-50(56(41)52)40-17-8-7-9-18-40)46-32-29-42(30-33-46)57-53-34-31-43(35-54(53)57)49-25-14-20-39-19-10-11-23-48(39)49/h10-16,19-38,40,53H,7-9,17-18H2,1-6H3/t53-/m1/s1. The summed E-state index contributed by atoms with van der Waals surface area (Å²) in [7, 11) is 0. The van der Waals surface area contributed by atoms with Gasteiger partial charge in [-0.3, -0.25) is 0 Å². The Bertz CT molecular complexity index is 2820. The molecule has 0 radical (unpaired) electrons. The lowest BCUT2D eigenvalue weighted by atomic mass is 9.80. The molecule has 10 rings (SSSR count). The molecule has 1 saturated carbocycles. The van der Waals surface area contributed by atoms with Gasteiger partial charge in [-0.05, 0) is 138 Å². The van der Waals surface area contributed by atoms with Crippen LogP contribution >= 0.6 is 0 Å². The number of nitrogens with zero attached hydrogens (tertiary/aromatic N) is 1. The molecular formula is C59H57N. The van der Waals surface area contributed by atoms with E-state index in [1.54, 1.807) is 0 Å². The molecule has 1 atom stereocenters. The first-order valence-corrected chi connectivity index (χ1v) is 22.3. The minimum atomic E-state index is -0.0162. The van der Waals surface area contributed by atoms with Gasteiger partial charge in [-0.25, -0.2) is 0 Å². The summed E-state index contributed by atoms with van der Waals surface area (Å²) in [6.07, 6.45) is 13.7. The molecule has 0 bridgehead atoms. The van der Waals surface area contributed by atoms with Crippen molar-refractivity contribution in [2.75, 3.05) is 4.90 Å². The largest absolute Gasteiger partial charge is 0.310 e. The summed E-state index contributed by atoms with van der Waals surface area (Å²) >= 11 is 0. The molecule has 0 saturated heterocycles. The van der Waals surface area contributed by atoms with Gasteiger partial charge in [-0.2, -0.15) is 0 Å². The number of allylic oxidation sites excluding steroid dienone is 6. The van der Waals surface area contributed by atoms with E-state index in [9.17, 15) is 0 Å². The van der Waals surface area contributed by atoms with Crippen LogP contribution in [0.15, 0.2) is 169 Å². The van der Waals surface area contributed by atoms with Crippen molar-refractivity contribution in [2.24, 2.45) is 5.92 Å². The van der Waals surface area contributed by atoms with Crippen LogP contribution in [-0.4, -0.2) is 0 Å². The first-order chi connectivity index (χ1) is 29.0. The van der Waals surface area contributed by atoms with Crippen LogP contribution in [0, 0.1) is 5.92 Å². The Morgan fingerprint density at radius 2 is 1.15 bits per heavy atom. The maximum Gasteiger partial charge on any atom is 0.0540 e. The zero-order valence-corrected chi connectivity index (χ0v) is 36.2. The number of rotatable bonds is 7. The Morgan fingerprint density at radius 3 is 1.88 bits per heavy atom. The number of fused-ring (bicyclic) bond motifs is 3. The molecule has 0 spiro atoms. The topological polar surface area (TPSA) is 3.24 Å². The summed E-state index contributed by atoms with van der Waals surface area (Å²) < 4.78 is 0. The van der Waals surface area contributed by atoms with Gasteiger partial charge in [-0.15, -0.1) is 0 Å². The van der Waals surface area contributed by atoms with Crippen LogP contribution in [-0.2, 0) is 10.8 Å². The van der Waals surface area contributed by atoms with Crippen molar-refractivity contribution in [1.82, 2.24) is 0 Å². The molecule has 1 fully saturated rings. The Kier molecular flexibility index (Phi) is 9.55.